The molecule has 4 rings (SSSR count). The molecule has 145 valence electrons. The first-order chi connectivity index (χ1) is 13.6. The fraction of sp³-hybridized carbons (Fsp3) is 0.364. The van der Waals surface area contributed by atoms with Gasteiger partial charge in [-0.3, -0.25) is 9.59 Å². The van der Waals surface area contributed by atoms with E-state index in [-0.39, 0.29) is 11.3 Å². The smallest absolute Gasteiger partial charge is 0.265 e. The molecule has 0 unspecified atom stereocenters. The van der Waals surface area contributed by atoms with Crippen LogP contribution in [0.4, 0.5) is 0 Å². The molecular weight excluding hydrogens is 352 g/mol. The van der Waals surface area contributed by atoms with Crippen molar-refractivity contribution in [2.24, 2.45) is 11.7 Å². The predicted octanol–water partition coefficient (Wildman–Crippen LogP) is 3.09. The van der Waals surface area contributed by atoms with Gasteiger partial charge in [-0.25, -0.2) is 0 Å². The first kappa shape index (κ1) is 18.5. The number of nitrogens with one attached hydrogen (secondary N) is 3. The van der Waals surface area contributed by atoms with Crippen LogP contribution in [-0.4, -0.2) is 22.4 Å². The van der Waals surface area contributed by atoms with Crippen LogP contribution >= 0.6 is 0 Å². The Morgan fingerprint density at radius 1 is 1.18 bits per heavy atom. The summed E-state index contributed by atoms with van der Waals surface area (Å²) in [5, 5.41) is 4.63. The van der Waals surface area contributed by atoms with Crippen LogP contribution in [0.25, 0.3) is 22.2 Å². The lowest BCUT2D eigenvalue weighted by atomic mass is 9.89. The zero-order valence-corrected chi connectivity index (χ0v) is 15.8. The molecule has 0 atom stereocenters. The van der Waals surface area contributed by atoms with Crippen LogP contribution in [0.2, 0.25) is 0 Å². The Hall–Kier alpha value is -2.86. The number of carbonyl (C=O) groups excluding carboxylic acids is 1. The van der Waals surface area contributed by atoms with Crippen LogP contribution in [0.5, 0.6) is 0 Å². The van der Waals surface area contributed by atoms with Gasteiger partial charge < -0.3 is 21.0 Å². The zero-order valence-electron chi connectivity index (χ0n) is 15.8. The summed E-state index contributed by atoms with van der Waals surface area (Å²) in [7, 11) is 0. The third kappa shape index (κ3) is 4.02. The SMILES string of the molecule is NC(=O)c1[c]cc(-c2cc3cc(CNCC4CCCCC4)ccc3[nH]2)c(=O)[nH]1. The molecule has 3 aromatic rings. The summed E-state index contributed by atoms with van der Waals surface area (Å²) in [5.74, 6) is 0.105. The summed E-state index contributed by atoms with van der Waals surface area (Å²) in [6.07, 6.45) is 6.79. The second-order valence-electron chi connectivity index (χ2n) is 7.64. The van der Waals surface area contributed by atoms with E-state index in [9.17, 15) is 9.59 Å². The Labute approximate surface area is 163 Å². The maximum atomic E-state index is 12.3. The van der Waals surface area contributed by atoms with E-state index in [1.165, 1.54) is 43.7 Å². The molecule has 1 saturated carbocycles. The molecule has 1 radical (unpaired) electrons. The number of rotatable bonds is 6. The minimum atomic E-state index is -0.703. The number of aromatic nitrogens is 2. The molecule has 0 saturated heterocycles. The van der Waals surface area contributed by atoms with E-state index in [4.69, 9.17) is 5.73 Å². The topological polar surface area (TPSA) is 104 Å². The van der Waals surface area contributed by atoms with Gasteiger partial charge in [-0.1, -0.05) is 25.3 Å². The molecule has 1 aromatic carbocycles. The van der Waals surface area contributed by atoms with Gasteiger partial charge in [0.2, 0.25) is 0 Å². The Morgan fingerprint density at radius 3 is 2.75 bits per heavy atom. The van der Waals surface area contributed by atoms with Crippen molar-refractivity contribution in [3.05, 3.63) is 58.0 Å². The van der Waals surface area contributed by atoms with Gasteiger partial charge in [-0.2, -0.15) is 0 Å². The number of primary amides is 1. The molecule has 1 aliphatic carbocycles. The highest BCUT2D eigenvalue weighted by molar-refractivity contribution is 5.91. The van der Waals surface area contributed by atoms with Crippen molar-refractivity contribution in [2.45, 2.75) is 38.6 Å². The number of benzene rings is 1. The highest BCUT2D eigenvalue weighted by Gasteiger charge is 2.13. The maximum Gasteiger partial charge on any atom is 0.265 e. The fourth-order valence-corrected chi connectivity index (χ4v) is 4.01. The van der Waals surface area contributed by atoms with E-state index in [2.05, 4.69) is 33.5 Å². The Kier molecular flexibility index (Phi) is 5.30. The standard InChI is InChI=1S/C22H25N4O2/c23-21(27)19-9-7-17(22(28)26-19)20-11-16-10-15(6-8-18(16)25-20)13-24-12-14-4-2-1-3-5-14/h6-8,10-11,14,24-25H,1-5,12-13H2,(H2,23,27)(H,26,28). The third-order valence-corrected chi connectivity index (χ3v) is 5.55. The summed E-state index contributed by atoms with van der Waals surface area (Å²) in [4.78, 5) is 29.2. The third-order valence-electron chi connectivity index (χ3n) is 5.55. The van der Waals surface area contributed by atoms with Gasteiger partial charge in [0.25, 0.3) is 11.5 Å². The number of aromatic amines is 2. The van der Waals surface area contributed by atoms with Gasteiger partial charge in [0.05, 0.1) is 11.3 Å². The summed E-state index contributed by atoms with van der Waals surface area (Å²) >= 11 is 0. The van der Waals surface area contributed by atoms with E-state index < -0.39 is 5.91 Å². The number of nitrogens with two attached hydrogens (primary N) is 1. The number of H-pyrrole nitrogens is 2. The number of amides is 1. The van der Waals surface area contributed by atoms with E-state index in [0.29, 0.717) is 11.3 Å². The van der Waals surface area contributed by atoms with Crippen molar-refractivity contribution in [1.82, 2.24) is 15.3 Å². The van der Waals surface area contributed by atoms with Gasteiger partial charge in [-0.05, 0) is 55.1 Å². The molecule has 1 fully saturated rings. The quantitative estimate of drug-likeness (QED) is 0.531. The highest BCUT2D eigenvalue weighted by atomic mass is 16.1. The molecular formula is C22H25N4O2. The fourth-order valence-electron chi connectivity index (χ4n) is 4.01. The summed E-state index contributed by atoms with van der Waals surface area (Å²) in [6.45, 7) is 1.92. The van der Waals surface area contributed by atoms with Gasteiger partial charge in [-0.15, -0.1) is 0 Å². The van der Waals surface area contributed by atoms with E-state index >= 15 is 0 Å². The molecule has 2 heterocycles. The molecule has 0 bridgehead atoms. The first-order valence-corrected chi connectivity index (χ1v) is 9.88. The number of hydrogen-bond donors (Lipinski definition) is 4. The molecule has 0 spiro atoms. The molecule has 1 amide bonds. The van der Waals surface area contributed by atoms with Gasteiger partial charge >= 0.3 is 0 Å². The van der Waals surface area contributed by atoms with Crippen molar-refractivity contribution in [3.63, 3.8) is 0 Å². The summed E-state index contributed by atoms with van der Waals surface area (Å²) in [6, 6.07) is 12.4. The van der Waals surface area contributed by atoms with Crippen molar-refractivity contribution < 1.29 is 4.79 Å². The van der Waals surface area contributed by atoms with Gasteiger partial charge in [0, 0.05) is 23.5 Å². The zero-order chi connectivity index (χ0) is 19.5. The number of fused-ring (bicyclic) bond motifs is 1. The molecule has 5 N–H and O–H groups in total. The van der Waals surface area contributed by atoms with E-state index in [1.807, 2.05) is 12.1 Å². The molecule has 28 heavy (non-hydrogen) atoms. The predicted molar refractivity (Wildman–Crippen MR) is 110 cm³/mol. The molecule has 0 aliphatic heterocycles. The minimum Gasteiger partial charge on any atom is -0.364 e. The van der Waals surface area contributed by atoms with Crippen LogP contribution in [0.1, 0.15) is 48.2 Å². The van der Waals surface area contributed by atoms with Gasteiger partial charge in [0.1, 0.15) is 5.69 Å². The van der Waals surface area contributed by atoms with Crippen molar-refractivity contribution in [1.29, 1.82) is 0 Å². The largest absolute Gasteiger partial charge is 0.364 e. The minimum absolute atomic E-state index is 0.0174. The van der Waals surface area contributed by atoms with Crippen molar-refractivity contribution in [3.8, 4) is 11.3 Å². The van der Waals surface area contributed by atoms with Crippen LogP contribution in [-0.2, 0) is 6.54 Å². The van der Waals surface area contributed by atoms with Crippen LogP contribution in [0, 0.1) is 12.0 Å². The second-order valence-corrected chi connectivity index (χ2v) is 7.64. The Bertz CT molecular complexity index is 1040. The number of pyridine rings is 1. The average molecular weight is 377 g/mol. The first-order valence-electron chi connectivity index (χ1n) is 9.88. The van der Waals surface area contributed by atoms with Gasteiger partial charge in [0.15, 0.2) is 0 Å². The van der Waals surface area contributed by atoms with E-state index in [0.717, 1.165) is 29.9 Å². The van der Waals surface area contributed by atoms with Crippen LogP contribution in [0.3, 0.4) is 0 Å². The lowest BCUT2D eigenvalue weighted by Crippen LogP contribution is -2.24. The maximum absolute atomic E-state index is 12.3. The number of hydrogen-bond acceptors (Lipinski definition) is 3. The lowest BCUT2D eigenvalue weighted by Gasteiger charge is -2.21. The Balaban J connectivity index is 1.48. The Morgan fingerprint density at radius 2 is 2.00 bits per heavy atom. The second kappa shape index (κ2) is 8.02. The van der Waals surface area contributed by atoms with Crippen LogP contribution in [0.15, 0.2) is 35.1 Å². The van der Waals surface area contributed by atoms with Crippen molar-refractivity contribution in [2.75, 3.05) is 6.54 Å². The summed E-state index contributed by atoms with van der Waals surface area (Å²) in [5.41, 5.74) is 8.10. The summed E-state index contributed by atoms with van der Waals surface area (Å²) < 4.78 is 0. The monoisotopic (exact) mass is 377 g/mol. The van der Waals surface area contributed by atoms with Crippen LogP contribution < -0.4 is 16.6 Å². The lowest BCUT2D eigenvalue weighted by molar-refractivity contribution is 0.0995. The molecule has 6 heteroatoms. The molecule has 2 aromatic heterocycles. The molecule has 1 aliphatic rings. The normalized spacial score (nSPS) is 15.1. The average Bonchev–Trinajstić information content (AvgIpc) is 3.11. The van der Waals surface area contributed by atoms with E-state index in [1.54, 1.807) is 0 Å². The number of carbonyl (C=O) groups is 1. The van der Waals surface area contributed by atoms with Crippen molar-refractivity contribution >= 4 is 16.8 Å². The molecule has 6 nitrogen and oxygen atoms in total. The highest BCUT2D eigenvalue weighted by Crippen LogP contribution is 2.24.